The van der Waals surface area contributed by atoms with Crippen LogP contribution in [-0.4, -0.2) is 30.7 Å². The summed E-state index contributed by atoms with van der Waals surface area (Å²) in [6.07, 6.45) is 0.110. The minimum Gasteiger partial charge on any atom is -0.468 e. The maximum atomic E-state index is 13.0. The number of aryl methyl sites for hydroxylation is 2. The molecule has 0 fully saturated rings. The third kappa shape index (κ3) is 4.18. The molecule has 1 heterocycles. The maximum absolute atomic E-state index is 13.0. The molecular formula is C17H19FN2O4. The van der Waals surface area contributed by atoms with Gasteiger partial charge in [-0.25, -0.2) is 4.39 Å². The van der Waals surface area contributed by atoms with Crippen molar-refractivity contribution in [1.82, 2.24) is 10.5 Å². The largest absolute Gasteiger partial charge is 0.468 e. The number of aromatic nitrogens is 1. The predicted molar refractivity (Wildman–Crippen MR) is 83.8 cm³/mol. The number of hydrogen-bond acceptors (Lipinski definition) is 5. The summed E-state index contributed by atoms with van der Waals surface area (Å²) in [4.78, 5) is 24.1. The Labute approximate surface area is 139 Å². The number of nitrogens with zero attached hydrogens (tertiary/aromatic N) is 1. The summed E-state index contributed by atoms with van der Waals surface area (Å²) >= 11 is 0. The fourth-order valence-corrected chi connectivity index (χ4v) is 2.37. The van der Waals surface area contributed by atoms with Crippen molar-refractivity contribution in [2.75, 3.05) is 13.7 Å². The Balaban J connectivity index is 2.03. The summed E-state index contributed by atoms with van der Waals surface area (Å²) in [5, 5.41) is 6.50. The number of nitrogens with one attached hydrogen (secondary N) is 1. The first kappa shape index (κ1) is 17.7. The van der Waals surface area contributed by atoms with Gasteiger partial charge in [0, 0.05) is 12.1 Å². The van der Waals surface area contributed by atoms with Gasteiger partial charge in [-0.3, -0.25) is 9.59 Å². The van der Waals surface area contributed by atoms with E-state index in [1.54, 1.807) is 13.8 Å². The Bertz CT molecular complexity index is 705. The highest BCUT2D eigenvalue weighted by Crippen LogP contribution is 2.18. The van der Waals surface area contributed by atoms with E-state index in [-0.39, 0.29) is 18.9 Å². The molecule has 7 heteroatoms. The quantitative estimate of drug-likeness (QED) is 0.818. The van der Waals surface area contributed by atoms with Crippen LogP contribution in [0, 0.1) is 19.7 Å². The zero-order valence-electron chi connectivity index (χ0n) is 13.8. The molecule has 6 nitrogen and oxygen atoms in total. The van der Waals surface area contributed by atoms with Gasteiger partial charge in [-0.1, -0.05) is 17.3 Å². The number of hydrogen-bond donors (Lipinski definition) is 1. The summed E-state index contributed by atoms with van der Waals surface area (Å²) in [7, 11) is 1.27. The van der Waals surface area contributed by atoms with Crippen LogP contribution in [0.15, 0.2) is 28.8 Å². The van der Waals surface area contributed by atoms with Crippen LogP contribution in [0.1, 0.15) is 28.5 Å². The minimum atomic E-state index is -0.704. The van der Waals surface area contributed by atoms with Crippen molar-refractivity contribution in [3.8, 4) is 0 Å². The Kier molecular flexibility index (Phi) is 5.68. The number of rotatable bonds is 6. The van der Waals surface area contributed by atoms with E-state index in [0.29, 0.717) is 17.0 Å². The molecule has 0 aliphatic rings. The van der Waals surface area contributed by atoms with Crippen LogP contribution in [0.5, 0.6) is 0 Å². The monoisotopic (exact) mass is 334 g/mol. The van der Waals surface area contributed by atoms with Crippen molar-refractivity contribution in [2.45, 2.75) is 26.2 Å². The van der Waals surface area contributed by atoms with Gasteiger partial charge in [0.05, 0.1) is 25.1 Å². The Morgan fingerprint density at radius 3 is 2.50 bits per heavy atom. The van der Waals surface area contributed by atoms with Gasteiger partial charge in [-0.2, -0.15) is 0 Å². The Morgan fingerprint density at radius 1 is 1.29 bits per heavy atom. The van der Waals surface area contributed by atoms with Gasteiger partial charge in [-0.15, -0.1) is 0 Å². The number of carbonyl (C=O) groups is 2. The molecule has 1 N–H and O–H groups in total. The van der Waals surface area contributed by atoms with E-state index in [1.165, 1.54) is 31.4 Å². The van der Waals surface area contributed by atoms with E-state index in [4.69, 9.17) is 9.26 Å². The molecule has 0 unspecified atom stereocenters. The van der Waals surface area contributed by atoms with Crippen molar-refractivity contribution >= 4 is 11.9 Å². The van der Waals surface area contributed by atoms with E-state index in [2.05, 4.69) is 10.5 Å². The zero-order valence-corrected chi connectivity index (χ0v) is 13.8. The highest BCUT2D eigenvalue weighted by atomic mass is 19.1. The molecule has 1 amide bonds. The number of esters is 1. The molecular weight excluding hydrogens is 315 g/mol. The lowest BCUT2D eigenvalue weighted by atomic mass is 9.99. The molecule has 128 valence electrons. The molecule has 1 aromatic carbocycles. The van der Waals surface area contributed by atoms with Gasteiger partial charge in [0.1, 0.15) is 11.6 Å². The molecule has 1 atom stereocenters. The topological polar surface area (TPSA) is 81.4 Å². The molecule has 0 aliphatic carbocycles. The van der Waals surface area contributed by atoms with Crippen LogP contribution in [0.25, 0.3) is 0 Å². The summed E-state index contributed by atoms with van der Waals surface area (Å²) in [6, 6.07) is 5.52. The average Bonchev–Trinajstić information content (AvgIpc) is 2.88. The molecule has 0 aliphatic heterocycles. The molecule has 2 rings (SSSR count). The zero-order chi connectivity index (χ0) is 17.7. The van der Waals surface area contributed by atoms with Gasteiger partial charge < -0.3 is 14.6 Å². The van der Waals surface area contributed by atoms with Crippen LogP contribution < -0.4 is 5.32 Å². The number of methoxy groups -OCH3 is 1. The fourth-order valence-electron chi connectivity index (χ4n) is 2.37. The van der Waals surface area contributed by atoms with Crippen LogP contribution >= 0.6 is 0 Å². The van der Waals surface area contributed by atoms with E-state index < -0.39 is 17.7 Å². The van der Waals surface area contributed by atoms with Gasteiger partial charge in [0.2, 0.25) is 5.91 Å². The minimum absolute atomic E-state index is 0.0561. The predicted octanol–water partition coefficient (Wildman–Crippen LogP) is 2.05. The van der Waals surface area contributed by atoms with E-state index in [9.17, 15) is 14.0 Å². The van der Waals surface area contributed by atoms with Crippen LogP contribution in [0.4, 0.5) is 4.39 Å². The third-order valence-corrected chi connectivity index (χ3v) is 3.78. The molecule has 0 radical (unpaired) electrons. The maximum Gasteiger partial charge on any atom is 0.314 e. The lowest BCUT2D eigenvalue weighted by molar-refractivity contribution is -0.142. The summed E-state index contributed by atoms with van der Waals surface area (Å²) in [6.45, 7) is 3.55. The van der Waals surface area contributed by atoms with Crippen LogP contribution in [-0.2, 0) is 20.7 Å². The SMILES string of the molecule is COC(=O)[C@@H](CNC(=O)Cc1c(C)noc1C)c1ccc(F)cc1. The lowest BCUT2D eigenvalue weighted by Crippen LogP contribution is -2.33. The number of carbonyl (C=O) groups excluding carboxylic acids is 2. The molecule has 1 aromatic heterocycles. The first-order valence-corrected chi connectivity index (χ1v) is 7.44. The number of halogens is 1. The van der Waals surface area contributed by atoms with Crippen molar-refractivity contribution in [3.63, 3.8) is 0 Å². The molecule has 24 heavy (non-hydrogen) atoms. The van der Waals surface area contributed by atoms with Crippen molar-refractivity contribution in [1.29, 1.82) is 0 Å². The second kappa shape index (κ2) is 7.72. The fraction of sp³-hybridized carbons (Fsp3) is 0.353. The Hall–Kier alpha value is -2.70. The summed E-state index contributed by atoms with van der Waals surface area (Å²) in [5.41, 5.74) is 1.95. The number of amides is 1. The van der Waals surface area contributed by atoms with E-state index >= 15 is 0 Å². The van der Waals surface area contributed by atoms with Crippen molar-refractivity contribution < 1.29 is 23.2 Å². The first-order valence-electron chi connectivity index (χ1n) is 7.44. The molecule has 0 bridgehead atoms. The summed E-state index contributed by atoms with van der Waals surface area (Å²) < 4.78 is 22.8. The van der Waals surface area contributed by atoms with Gasteiger partial charge in [-0.05, 0) is 31.5 Å². The van der Waals surface area contributed by atoms with E-state index in [0.717, 1.165) is 5.56 Å². The van der Waals surface area contributed by atoms with Gasteiger partial charge >= 0.3 is 5.97 Å². The van der Waals surface area contributed by atoms with Crippen LogP contribution in [0.2, 0.25) is 0 Å². The van der Waals surface area contributed by atoms with Gasteiger partial charge in [0.15, 0.2) is 0 Å². The second-order valence-electron chi connectivity index (χ2n) is 5.41. The highest BCUT2D eigenvalue weighted by molar-refractivity contribution is 5.82. The Morgan fingerprint density at radius 2 is 1.96 bits per heavy atom. The van der Waals surface area contributed by atoms with Crippen LogP contribution in [0.3, 0.4) is 0 Å². The second-order valence-corrected chi connectivity index (χ2v) is 5.41. The lowest BCUT2D eigenvalue weighted by Gasteiger charge is -2.16. The van der Waals surface area contributed by atoms with Gasteiger partial charge in [0.25, 0.3) is 0 Å². The molecule has 2 aromatic rings. The highest BCUT2D eigenvalue weighted by Gasteiger charge is 2.23. The van der Waals surface area contributed by atoms with Crippen molar-refractivity contribution in [2.24, 2.45) is 0 Å². The molecule has 0 saturated heterocycles. The molecule has 0 saturated carbocycles. The normalized spacial score (nSPS) is 11.8. The number of ether oxygens (including phenoxy) is 1. The van der Waals surface area contributed by atoms with E-state index in [1.807, 2.05) is 0 Å². The smallest absolute Gasteiger partial charge is 0.314 e. The summed E-state index contributed by atoms with van der Waals surface area (Å²) in [5.74, 6) is -1.28. The third-order valence-electron chi connectivity index (χ3n) is 3.78. The number of benzene rings is 1. The average molecular weight is 334 g/mol. The standard InChI is InChI=1S/C17H19FN2O4/c1-10-14(11(2)24-20-10)8-16(21)19-9-15(17(22)23-3)12-4-6-13(18)7-5-12/h4-7,15H,8-9H2,1-3H3,(H,19,21)/t15-/m0/s1. The molecule has 0 spiro atoms. The first-order chi connectivity index (χ1) is 11.4. The van der Waals surface area contributed by atoms with Crippen molar-refractivity contribution in [3.05, 3.63) is 52.7 Å².